The minimum atomic E-state index is 0.501. The van der Waals surface area contributed by atoms with E-state index in [0.717, 1.165) is 13.0 Å². The van der Waals surface area contributed by atoms with Gasteiger partial charge in [-0.25, -0.2) is 0 Å². The molecule has 1 heteroatoms. The van der Waals surface area contributed by atoms with Crippen molar-refractivity contribution in [1.29, 1.82) is 0 Å². The molecule has 0 fully saturated rings. The Labute approximate surface area is 82.9 Å². The fraction of sp³-hybridized carbons (Fsp3) is 0.667. The van der Waals surface area contributed by atoms with Gasteiger partial charge in [0.15, 0.2) is 0 Å². The van der Waals surface area contributed by atoms with Crippen LogP contribution in [0.5, 0.6) is 0 Å². The Morgan fingerprint density at radius 3 is 2.62 bits per heavy atom. The number of hydrogen-bond donors (Lipinski definition) is 1. The first-order valence-corrected chi connectivity index (χ1v) is 5.29. The Morgan fingerprint density at radius 2 is 2.08 bits per heavy atom. The monoisotopic (exact) mass is 181 g/mol. The third-order valence-electron chi connectivity index (χ3n) is 2.11. The summed E-state index contributed by atoms with van der Waals surface area (Å²) >= 11 is 0. The molecule has 0 aliphatic rings. The van der Waals surface area contributed by atoms with Gasteiger partial charge in [0.05, 0.1) is 0 Å². The fourth-order valence-corrected chi connectivity index (χ4v) is 1.02. The fourth-order valence-electron chi connectivity index (χ4n) is 1.02. The van der Waals surface area contributed by atoms with Crippen molar-refractivity contribution >= 4 is 0 Å². The second-order valence-corrected chi connectivity index (χ2v) is 3.42. The van der Waals surface area contributed by atoms with E-state index in [1.807, 2.05) is 0 Å². The molecule has 1 N–H and O–H groups in total. The van der Waals surface area contributed by atoms with Crippen molar-refractivity contribution < 1.29 is 0 Å². The molecule has 76 valence electrons. The average molecular weight is 181 g/mol. The molecule has 0 radical (unpaired) electrons. The summed E-state index contributed by atoms with van der Waals surface area (Å²) in [5.41, 5.74) is 1.40. The first-order chi connectivity index (χ1) is 6.22. The van der Waals surface area contributed by atoms with E-state index in [9.17, 15) is 0 Å². The lowest BCUT2D eigenvalue weighted by molar-refractivity contribution is 0.602. The normalized spacial score (nSPS) is 15.2. The molecule has 0 amide bonds. The van der Waals surface area contributed by atoms with E-state index in [0.29, 0.717) is 6.04 Å². The average Bonchev–Trinajstić information content (AvgIpc) is 2.14. The zero-order chi connectivity index (χ0) is 10.1. The minimum absolute atomic E-state index is 0.501. The number of hydrogen-bond acceptors (Lipinski definition) is 1. The van der Waals surface area contributed by atoms with Gasteiger partial charge in [-0.2, -0.15) is 0 Å². The molecule has 0 aromatic rings. The first kappa shape index (κ1) is 12.4. The molecule has 0 spiro atoms. The maximum atomic E-state index is 3.46. The van der Waals surface area contributed by atoms with Crippen molar-refractivity contribution in [3.8, 4) is 0 Å². The van der Waals surface area contributed by atoms with Gasteiger partial charge < -0.3 is 5.32 Å². The van der Waals surface area contributed by atoms with Gasteiger partial charge in [-0.3, -0.25) is 0 Å². The highest BCUT2D eigenvalue weighted by molar-refractivity contribution is 5.14. The van der Waals surface area contributed by atoms with Crippen LogP contribution in [-0.4, -0.2) is 12.6 Å². The summed E-state index contributed by atoms with van der Waals surface area (Å²) in [6.45, 7) is 9.83. The van der Waals surface area contributed by atoms with Gasteiger partial charge >= 0.3 is 0 Å². The first-order valence-electron chi connectivity index (χ1n) is 5.29. The summed E-state index contributed by atoms with van der Waals surface area (Å²) in [6.07, 6.45) is 8.81. The molecular weight excluding hydrogens is 158 g/mol. The van der Waals surface area contributed by atoms with Crippen molar-refractivity contribution in [3.05, 3.63) is 23.8 Å². The zero-order valence-corrected chi connectivity index (χ0v) is 9.43. The van der Waals surface area contributed by atoms with Crippen LogP contribution in [0.3, 0.4) is 0 Å². The summed E-state index contributed by atoms with van der Waals surface area (Å²) in [5.74, 6) is 0. The van der Waals surface area contributed by atoms with Crippen LogP contribution in [0.15, 0.2) is 23.8 Å². The van der Waals surface area contributed by atoms with Crippen LogP contribution in [0.25, 0.3) is 0 Å². The molecule has 1 atom stereocenters. The number of nitrogens with one attached hydrogen (secondary N) is 1. The van der Waals surface area contributed by atoms with Gasteiger partial charge in [-0.15, -0.1) is 0 Å². The standard InChI is InChI=1S/C12H23N/c1-5-7-8-9-11(3)12(4)13-10-6-2/h7-9,12-13H,5-6,10H2,1-4H3/b8-7-,11-9+. The van der Waals surface area contributed by atoms with E-state index in [4.69, 9.17) is 0 Å². The predicted octanol–water partition coefficient (Wildman–Crippen LogP) is 3.29. The Bertz CT molecular complexity index is 168. The molecule has 1 unspecified atom stereocenters. The van der Waals surface area contributed by atoms with Gasteiger partial charge in [0.25, 0.3) is 0 Å². The van der Waals surface area contributed by atoms with E-state index in [2.05, 4.69) is 51.2 Å². The van der Waals surface area contributed by atoms with E-state index in [1.54, 1.807) is 0 Å². The molecule has 0 aliphatic carbocycles. The van der Waals surface area contributed by atoms with Crippen LogP contribution < -0.4 is 5.32 Å². The highest BCUT2D eigenvalue weighted by Crippen LogP contribution is 2.00. The van der Waals surface area contributed by atoms with Gasteiger partial charge in [-0.1, -0.05) is 37.6 Å². The molecule has 0 saturated heterocycles. The lowest BCUT2D eigenvalue weighted by atomic mass is 10.1. The van der Waals surface area contributed by atoms with Crippen molar-refractivity contribution in [2.75, 3.05) is 6.54 Å². The molecule has 0 aromatic heterocycles. The molecule has 0 aliphatic heterocycles. The van der Waals surface area contributed by atoms with Crippen LogP contribution in [-0.2, 0) is 0 Å². The second-order valence-electron chi connectivity index (χ2n) is 3.42. The summed E-state index contributed by atoms with van der Waals surface area (Å²) < 4.78 is 0. The van der Waals surface area contributed by atoms with Crippen molar-refractivity contribution in [1.82, 2.24) is 5.32 Å². The molecule has 13 heavy (non-hydrogen) atoms. The lowest BCUT2D eigenvalue weighted by Gasteiger charge is -2.13. The smallest absolute Gasteiger partial charge is 0.0251 e. The zero-order valence-electron chi connectivity index (χ0n) is 9.43. The van der Waals surface area contributed by atoms with Crippen LogP contribution in [0.1, 0.15) is 40.5 Å². The van der Waals surface area contributed by atoms with Crippen LogP contribution >= 0.6 is 0 Å². The molecule has 1 nitrogen and oxygen atoms in total. The Morgan fingerprint density at radius 1 is 1.38 bits per heavy atom. The second kappa shape index (κ2) is 8.06. The van der Waals surface area contributed by atoms with Crippen molar-refractivity contribution in [2.45, 2.75) is 46.6 Å². The molecule has 0 rings (SSSR count). The van der Waals surface area contributed by atoms with E-state index in [1.165, 1.54) is 12.0 Å². The van der Waals surface area contributed by atoms with Crippen LogP contribution in [0.4, 0.5) is 0 Å². The Balaban J connectivity index is 3.85. The Kier molecular flexibility index (Phi) is 7.71. The maximum absolute atomic E-state index is 3.46. The molecule has 0 saturated carbocycles. The third kappa shape index (κ3) is 6.59. The minimum Gasteiger partial charge on any atom is -0.311 e. The summed E-state index contributed by atoms with van der Waals surface area (Å²) in [7, 11) is 0. The maximum Gasteiger partial charge on any atom is 0.0251 e. The molecule has 0 bridgehead atoms. The van der Waals surface area contributed by atoms with E-state index < -0.39 is 0 Å². The van der Waals surface area contributed by atoms with Crippen molar-refractivity contribution in [3.63, 3.8) is 0 Å². The number of allylic oxidation sites excluding steroid dienone is 3. The van der Waals surface area contributed by atoms with Gasteiger partial charge in [0, 0.05) is 6.04 Å². The largest absolute Gasteiger partial charge is 0.311 e. The summed E-state index contributed by atoms with van der Waals surface area (Å²) in [4.78, 5) is 0. The van der Waals surface area contributed by atoms with E-state index >= 15 is 0 Å². The summed E-state index contributed by atoms with van der Waals surface area (Å²) in [6, 6.07) is 0.501. The summed E-state index contributed by atoms with van der Waals surface area (Å²) in [5, 5.41) is 3.46. The third-order valence-corrected chi connectivity index (χ3v) is 2.11. The van der Waals surface area contributed by atoms with Gasteiger partial charge in [0.1, 0.15) is 0 Å². The van der Waals surface area contributed by atoms with Gasteiger partial charge in [0.2, 0.25) is 0 Å². The van der Waals surface area contributed by atoms with Crippen LogP contribution in [0.2, 0.25) is 0 Å². The Hall–Kier alpha value is -0.560. The highest BCUT2D eigenvalue weighted by Gasteiger charge is 1.99. The van der Waals surface area contributed by atoms with Crippen molar-refractivity contribution in [2.24, 2.45) is 0 Å². The van der Waals surface area contributed by atoms with Gasteiger partial charge in [-0.05, 0) is 33.2 Å². The number of rotatable bonds is 6. The molecular formula is C12H23N. The van der Waals surface area contributed by atoms with Crippen LogP contribution in [0, 0.1) is 0 Å². The lowest BCUT2D eigenvalue weighted by Crippen LogP contribution is -2.27. The molecule has 0 aromatic carbocycles. The molecule has 0 heterocycles. The van der Waals surface area contributed by atoms with E-state index in [-0.39, 0.29) is 0 Å². The predicted molar refractivity (Wildman–Crippen MR) is 60.9 cm³/mol. The SMILES string of the molecule is CC/C=C\C=C(/C)C(C)NCCC. The highest BCUT2D eigenvalue weighted by atomic mass is 14.9. The topological polar surface area (TPSA) is 12.0 Å². The quantitative estimate of drug-likeness (QED) is 0.620.